The number of carboxylic acid groups (broad SMARTS) is 1. The van der Waals surface area contributed by atoms with Crippen LogP contribution in [0.5, 0.6) is 11.5 Å². The van der Waals surface area contributed by atoms with Crippen LogP contribution in [0.4, 0.5) is 0 Å². The number of aromatic carboxylic acids is 1. The van der Waals surface area contributed by atoms with Crippen molar-refractivity contribution in [3.8, 4) is 11.5 Å². The quantitative estimate of drug-likeness (QED) is 0.430. The molecule has 35 heavy (non-hydrogen) atoms. The third kappa shape index (κ3) is 3.93. The number of thiophene rings is 1. The SMILES string of the molecule is CO[C@H]1CN(C(=O)c2cc3nccc(Oc4ccc5c(C(=O)O)c(C)n(C)c5c4)c3s2)C[C@H]1OC. The lowest BCUT2D eigenvalue weighted by molar-refractivity contribution is -0.00461. The number of hydrogen-bond acceptors (Lipinski definition) is 7. The second kappa shape index (κ2) is 8.95. The molecule has 1 amide bonds. The van der Waals surface area contributed by atoms with Gasteiger partial charge in [-0.25, -0.2) is 4.79 Å². The second-order valence-corrected chi connectivity index (χ2v) is 9.55. The Hall–Kier alpha value is -3.47. The molecule has 9 nitrogen and oxygen atoms in total. The van der Waals surface area contributed by atoms with E-state index in [2.05, 4.69) is 4.98 Å². The van der Waals surface area contributed by atoms with Crippen LogP contribution in [-0.4, -0.2) is 71.0 Å². The first-order chi connectivity index (χ1) is 16.8. The van der Waals surface area contributed by atoms with Crippen molar-refractivity contribution in [1.29, 1.82) is 0 Å². The molecular weight excluding hydrogens is 470 g/mol. The molecule has 1 fully saturated rings. The van der Waals surface area contributed by atoms with E-state index in [1.165, 1.54) is 11.3 Å². The lowest BCUT2D eigenvalue weighted by atomic mass is 10.1. The van der Waals surface area contributed by atoms with Crippen molar-refractivity contribution in [2.45, 2.75) is 19.1 Å². The van der Waals surface area contributed by atoms with Gasteiger partial charge in [-0.1, -0.05) is 0 Å². The number of carbonyl (C=O) groups excluding carboxylic acids is 1. The molecule has 4 aromatic rings. The van der Waals surface area contributed by atoms with Gasteiger partial charge in [-0.15, -0.1) is 11.3 Å². The molecule has 1 aromatic carbocycles. The molecule has 1 N–H and O–H groups in total. The largest absolute Gasteiger partial charge is 0.478 e. The predicted octanol–water partition coefficient (Wildman–Crippen LogP) is 4.07. The minimum atomic E-state index is -0.958. The number of carboxylic acids is 1. The summed E-state index contributed by atoms with van der Waals surface area (Å²) in [5.41, 5.74) is 2.39. The Morgan fingerprint density at radius 2 is 1.83 bits per heavy atom. The summed E-state index contributed by atoms with van der Waals surface area (Å²) in [7, 11) is 5.07. The summed E-state index contributed by atoms with van der Waals surface area (Å²) < 4.78 is 19.7. The van der Waals surface area contributed by atoms with Gasteiger partial charge >= 0.3 is 5.97 Å². The monoisotopic (exact) mass is 495 g/mol. The fourth-order valence-electron chi connectivity index (χ4n) is 4.62. The minimum absolute atomic E-state index is 0.0949. The number of methoxy groups -OCH3 is 2. The molecular formula is C25H25N3O6S. The summed E-state index contributed by atoms with van der Waals surface area (Å²) in [6.45, 7) is 2.71. The normalized spacial score (nSPS) is 18.0. The third-order valence-electron chi connectivity index (χ3n) is 6.60. The highest BCUT2D eigenvalue weighted by Gasteiger charge is 2.36. The number of aromatic nitrogens is 2. The fourth-order valence-corrected chi connectivity index (χ4v) is 5.66. The van der Waals surface area contributed by atoms with Gasteiger partial charge in [-0.3, -0.25) is 9.78 Å². The van der Waals surface area contributed by atoms with Crippen LogP contribution in [-0.2, 0) is 16.5 Å². The van der Waals surface area contributed by atoms with Gasteiger partial charge in [-0.05, 0) is 25.1 Å². The Bertz CT molecular complexity index is 1450. The molecule has 1 aliphatic heterocycles. The number of benzene rings is 1. The zero-order valence-corrected chi connectivity index (χ0v) is 20.6. The first kappa shape index (κ1) is 23.3. The van der Waals surface area contributed by atoms with Gasteiger partial charge < -0.3 is 28.8 Å². The van der Waals surface area contributed by atoms with Gasteiger partial charge in [0, 0.05) is 63.8 Å². The van der Waals surface area contributed by atoms with Crippen molar-refractivity contribution in [3.05, 3.63) is 52.7 Å². The average molecular weight is 496 g/mol. The van der Waals surface area contributed by atoms with Gasteiger partial charge in [0.25, 0.3) is 5.91 Å². The third-order valence-corrected chi connectivity index (χ3v) is 7.73. The molecule has 5 rings (SSSR count). The zero-order valence-electron chi connectivity index (χ0n) is 19.8. The van der Waals surface area contributed by atoms with E-state index in [9.17, 15) is 14.7 Å². The van der Waals surface area contributed by atoms with E-state index in [-0.39, 0.29) is 23.7 Å². The van der Waals surface area contributed by atoms with Crippen molar-refractivity contribution in [2.75, 3.05) is 27.3 Å². The molecule has 0 radical (unpaired) electrons. The predicted molar refractivity (Wildman–Crippen MR) is 132 cm³/mol. The molecule has 1 aliphatic rings. The summed E-state index contributed by atoms with van der Waals surface area (Å²) in [5.74, 6) is 0.0884. The molecule has 1 saturated heterocycles. The molecule has 2 atom stereocenters. The van der Waals surface area contributed by atoms with Crippen molar-refractivity contribution >= 4 is 44.3 Å². The standard InChI is InChI=1S/C25H25N3O6S/c1-13-22(25(30)31)15-6-5-14(9-17(15)27(13)2)34-18-7-8-26-16-10-21(35-23(16)18)24(29)28-11-19(32-3)20(12-28)33-4/h5-10,19-20H,11-12H2,1-4H3,(H,30,31)/t19-,20+. The number of likely N-dealkylation sites (tertiary alicyclic amines) is 1. The zero-order chi connectivity index (χ0) is 24.9. The van der Waals surface area contributed by atoms with E-state index in [0.717, 1.165) is 10.2 Å². The van der Waals surface area contributed by atoms with E-state index in [1.807, 2.05) is 17.7 Å². The first-order valence-corrected chi connectivity index (χ1v) is 11.9. The van der Waals surface area contributed by atoms with Gasteiger partial charge in [0.05, 0.1) is 26.2 Å². The Balaban J connectivity index is 1.45. The van der Waals surface area contributed by atoms with Crippen LogP contribution < -0.4 is 4.74 Å². The van der Waals surface area contributed by atoms with Gasteiger partial charge in [0.2, 0.25) is 0 Å². The van der Waals surface area contributed by atoms with Crippen LogP contribution in [0.15, 0.2) is 36.5 Å². The Morgan fingerprint density at radius 1 is 1.11 bits per heavy atom. The first-order valence-electron chi connectivity index (χ1n) is 11.1. The maximum absolute atomic E-state index is 13.2. The molecule has 0 unspecified atom stereocenters. The number of nitrogens with zero attached hydrogens (tertiary/aromatic N) is 3. The maximum atomic E-state index is 13.2. The van der Waals surface area contributed by atoms with Crippen LogP contribution in [0.25, 0.3) is 21.1 Å². The second-order valence-electron chi connectivity index (χ2n) is 8.50. The number of hydrogen-bond donors (Lipinski definition) is 1. The number of aryl methyl sites for hydroxylation is 1. The lowest BCUT2D eigenvalue weighted by Gasteiger charge is -2.14. The van der Waals surface area contributed by atoms with Crippen molar-refractivity contribution in [3.63, 3.8) is 0 Å². The molecule has 3 aromatic heterocycles. The van der Waals surface area contributed by atoms with E-state index in [1.54, 1.807) is 56.5 Å². The van der Waals surface area contributed by atoms with Gasteiger partial charge in [0.15, 0.2) is 0 Å². The summed E-state index contributed by atoms with van der Waals surface area (Å²) >= 11 is 1.33. The lowest BCUT2D eigenvalue weighted by Crippen LogP contribution is -2.29. The molecule has 0 saturated carbocycles. The summed E-state index contributed by atoms with van der Waals surface area (Å²) in [6.07, 6.45) is 1.32. The highest BCUT2D eigenvalue weighted by atomic mass is 32.1. The Labute approximate surface area is 205 Å². The van der Waals surface area contributed by atoms with Gasteiger partial charge in [-0.2, -0.15) is 0 Å². The molecule has 0 aliphatic carbocycles. The number of pyridine rings is 1. The topological polar surface area (TPSA) is 103 Å². The number of fused-ring (bicyclic) bond motifs is 2. The van der Waals surface area contributed by atoms with E-state index in [0.29, 0.717) is 46.1 Å². The van der Waals surface area contributed by atoms with Gasteiger partial charge in [0.1, 0.15) is 23.7 Å². The summed E-state index contributed by atoms with van der Waals surface area (Å²) in [6, 6.07) is 8.86. The average Bonchev–Trinajstić information content (AvgIpc) is 3.54. The highest BCUT2D eigenvalue weighted by molar-refractivity contribution is 7.21. The van der Waals surface area contributed by atoms with E-state index >= 15 is 0 Å². The molecule has 0 bridgehead atoms. The summed E-state index contributed by atoms with van der Waals surface area (Å²) in [4.78, 5) is 31.6. The van der Waals surface area contributed by atoms with Crippen LogP contribution in [0.2, 0.25) is 0 Å². The maximum Gasteiger partial charge on any atom is 0.338 e. The molecule has 182 valence electrons. The molecule has 4 heterocycles. The number of amides is 1. The van der Waals surface area contributed by atoms with Crippen LogP contribution in [0.1, 0.15) is 25.7 Å². The number of carbonyl (C=O) groups is 2. The van der Waals surface area contributed by atoms with Crippen molar-refractivity contribution in [1.82, 2.24) is 14.5 Å². The van der Waals surface area contributed by atoms with Crippen LogP contribution in [0, 0.1) is 6.92 Å². The van der Waals surface area contributed by atoms with Crippen molar-refractivity contribution in [2.24, 2.45) is 7.05 Å². The highest BCUT2D eigenvalue weighted by Crippen LogP contribution is 2.37. The molecule has 10 heteroatoms. The Morgan fingerprint density at radius 3 is 2.49 bits per heavy atom. The fraction of sp³-hybridized carbons (Fsp3) is 0.320. The van der Waals surface area contributed by atoms with E-state index in [4.69, 9.17) is 14.2 Å². The van der Waals surface area contributed by atoms with E-state index < -0.39 is 5.97 Å². The smallest absolute Gasteiger partial charge is 0.338 e. The van der Waals surface area contributed by atoms with Crippen LogP contribution in [0.3, 0.4) is 0 Å². The minimum Gasteiger partial charge on any atom is -0.478 e. The van der Waals surface area contributed by atoms with Crippen molar-refractivity contribution < 1.29 is 28.9 Å². The van der Waals surface area contributed by atoms with Crippen LogP contribution >= 0.6 is 11.3 Å². The summed E-state index contributed by atoms with van der Waals surface area (Å²) in [5, 5.41) is 10.2. The molecule has 0 spiro atoms. The Kier molecular flexibility index (Phi) is 5.96. The number of rotatable bonds is 6. The number of ether oxygens (including phenoxy) is 3.